The van der Waals surface area contributed by atoms with E-state index >= 15 is 0 Å². The van der Waals surface area contributed by atoms with Gasteiger partial charge in [0.15, 0.2) is 5.82 Å². The van der Waals surface area contributed by atoms with Crippen molar-refractivity contribution in [2.75, 3.05) is 6.61 Å². The topological polar surface area (TPSA) is 57.0 Å². The lowest BCUT2D eigenvalue weighted by Crippen LogP contribution is -2.10. The summed E-state index contributed by atoms with van der Waals surface area (Å²) in [4.78, 5) is 15.4. The summed E-state index contributed by atoms with van der Waals surface area (Å²) in [6, 6.07) is 0.759. The van der Waals surface area contributed by atoms with Crippen LogP contribution in [0.2, 0.25) is 5.02 Å². The van der Waals surface area contributed by atoms with Crippen LogP contribution in [0.5, 0.6) is 0 Å². The molecular weight excluding hydrogens is 323 g/mol. The monoisotopic (exact) mass is 333 g/mol. The Morgan fingerprint density at radius 3 is 2.64 bits per heavy atom. The standard InChI is InChI=1S/C13H11ClF3N3O2/c1-3-22-12(21)9-6-19-20(7(9)2)11-10(14)4-8(5-18-11)13(15,16)17/h4-6H,3H2,1-2H3. The van der Waals surface area contributed by atoms with Crippen molar-refractivity contribution in [3.63, 3.8) is 0 Å². The Bertz CT molecular complexity index is 713. The molecule has 5 nitrogen and oxygen atoms in total. The molecule has 118 valence electrons. The third-order valence-corrected chi connectivity index (χ3v) is 3.13. The highest BCUT2D eigenvalue weighted by atomic mass is 35.5. The van der Waals surface area contributed by atoms with E-state index in [4.69, 9.17) is 16.3 Å². The number of nitrogens with zero attached hydrogens (tertiary/aromatic N) is 3. The van der Waals surface area contributed by atoms with Crippen molar-refractivity contribution in [3.05, 3.63) is 40.3 Å². The molecule has 2 rings (SSSR count). The molecule has 0 aliphatic rings. The third kappa shape index (κ3) is 3.06. The van der Waals surface area contributed by atoms with Gasteiger partial charge in [-0.15, -0.1) is 0 Å². The van der Waals surface area contributed by atoms with Crippen LogP contribution in [-0.2, 0) is 10.9 Å². The molecule has 0 aromatic carbocycles. The molecule has 0 aliphatic carbocycles. The number of carbonyl (C=O) groups is 1. The Balaban J connectivity index is 2.43. The summed E-state index contributed by atoms with van der Waals surface area (Å²) >= 11 is 5.85. The van der Waals surface area contributed by atoms with Crippen molar-refractivity contribution >= 4 is 17.6 Å². The summed E-state index contributed by atoms with van der Waals surface area (Å²) in [5.74, 6) is -0.572. The Labute approximate surface area is 128 Å². The molecule has 2 aromatic rings. The Morgan fingerprint density at radius 2 is 2.09 bits per heavy atom. The van der Waals surface area contributed by atoms with Gasteiger partial charge in [0.1, 0.15) is 5.56 Å². The van der Waals surface area contributed by atoms with Gasteiger partial charge in [0.05, 0.1) is 29.1 Å². The molecule has 0 saturated carbocycles. The van der Waals surface area contributed by atoms with E-state index < -0.39 is 17.7 Å². The van der Waals surface area contributed by atoms with Gasteiger partial charge in [-0.05, 0) is 19.9 Å². The molecule has 0 amide bonds. The molecule has 0 radical (unpaired) electrons. The highest BCUT2D eigenvalue weighted by Crippen LogP contribution is 2.32. The number of carbonyl (C=O) groups excluding carboxylic acids is 1. The Kier molecular flexibility index (Phi) is 4.41. The molecule has 2 aromatic heterocycles. The minimum atomic E-state index is -4.54. The van der Waals surface area contributed by atoms with Crippen molar-refractivity contribution in [1.29, 1.82) is 0 Å². The molecule has 9 heteroatoms. The van der Waals surface area contributed by atoms with Gasteiger partial charge in [-0.25, -0.2) is 14.5 Å². The molecule has 0 atom stereocenters. The highest BCUT2D eigenvalue weighted by molar-refractivity contribution is 6.32. The summed E-state index contributed by atoms with van der Waals surface area (Å²) in [5.41, 5.74) is -0.399. The van der Waals surface area contributed by atoms with Crippen LogP contribution in [0.3, 0.4) is 0 Å². The van der Waals surface area contributed by atoms with Gasteiger partial charge in [0.25, 0.3) is 0 Å². The SMILES string of the molecule is CCOC(=O)c1cnn(-c2ncc(C(F)(F)F)cc2Cl)c1C. The molecule has 0 spiro atoms. The van der Waals surface area contributed by atoms with E-state index in [0.29, 0.717) is 11.9 Å². The number of rotatable bonds is 3. The first-order chi connectivity index (χ1) is 10.3. The fourth-order valence-electron chi connectivity index (χ4n) is 1.77. The second-order valence-corrected chi connectivity index (χ2v) is 4.71. The van der Waals surface area contributed by atoms with E-state index in [-0.39, 0.29) is 23.0 Å². The van der Waals surface area contributed by atoms with Crippen LogP contribution in [0, 0.1) is 6.92 Å². The first kappa shape index (κ1) is 16.3. The van der Waals surface area contributed by atoms with Crippen LogP contribution in [0.25, 0.3) is 5.82 Å². The smallest absolute Gasteiger partial charge is 0.417 e. The predicted octanol–water partition coefficient (Wildman–Crippen LogP) is 3.42. The van der Waals surface area contributed by atoms with Crippen LogP contribution >= 0.6 is 11.6 Å². The Hall–Kier alpha value is -2.09. The zero-order chi connectivity index (χ0) is 16.5. The van der Waals surface area contributed by atoms with Gasteiger partial charge in [-0.1, -0.05) is 11.6 Å². The maximum Gasteiger partial charge on any atom is 0.417 e. The molecule has 22 heavy (non-hydrogen) atoms. The quantitative estimate of drug-likeness (QED) is 0.808. The van der Waals surface area contributed by atoms with Crippen molar-refractivity contribution in [2.24, 2.45) is 0 Å². The van der Waals surface area contributed by atoms with E-state index in [0.717, 1.165) is 6.07 Å². The van der Waals surface area contributed by atoms with E-state index in [1.165, 1.54) is 10.9 Å². The van der Waals surface area contributed by atoms with E-state index in [2.05, 4.69) is 10.1 Å². The maximum atomic E-state index is 12.6. The van der Waals surface area contributed by atoms with Crippen molar-refractivity contribution in [2.45, 2.75) is 20.0 Å². The number of aromatic nitrogens is 3. The van der Waals surface area contributed by atoms with Gasteiger partial charge in [-0.3, -0.25) is 0 Å². The lowest BCUT2D eigenvalue weighted by atomic mass is 10.2. The Morgan fingerprint density at radius 1 is 1.41 bits per heavy atom. The van der Waals surface area contributed by atoms with Crippen LogP contribution in [0.1, 0.15) is 28.5 Å². The van der Waals surface area contributed by atoms with E-state index in [1.54, 1.807) is 13.8 Å². The summed E-state index contributed by atoms with van der Waals surface area (Å²) in [6.07, 6.45) is -2.63. The molecule has 0 fully saturated rings. The number of alkyl halides is 3. The van der Waals surface area contributed by atoms with Crippen LogP contribution in [0.15, 0.2) is 18.5 Å². The van der Waals surface area contributed by atoms with Crippen LogP contribution in [-0.4, -0.2) is 27.3 Å². The van der Waals surface area contributed by atoms with Crippen LogP contribution in [0.4, 0.5) is 13.2 Å². The summed E-state index contributed by atoms with van der Waals surface area (Å²) < 4.78 is 43.8. The number of ether oxygens (including phenoxy) is 1. The molecule has 0 N–H and O–H groups in total. The van der Waals surface area contributed by atoms with E-state index in [1.807, 2.05) is 0 Å². The number of hydrogen-bond donors (Lipinski definition) is 0. The number of esters is 1. The van der Waals surface area contributed by atoms with Gasteiger partial charge >= 0.3 is 12.1 Å². The summed E-state index contributed by atoms with van der Waals surface area (Å²) in [6.45, 7) is 3.42. The lowest BCUT2D eigenvalue weighted by molar-refractivity contribution is -0.137. The first-order valence-corrected chi connectivity index (χ1v) is 6.58. The molecule has 0 bridgehead atoms. The highest BCUT2D eigenvalue weighted by Gasteiger charge is 2.32. The number of pyridine rings is 1. The second-order valence-electron chi connectivity index (χ2n) is 4.30. The van der Waals surface area contributed by atoms with Crippen molar-refractivity contribution < 1.29 is 22.7 Å². The average molecular weight is 334 g/mol. The predicted molar refractivity (Wildman–Crippen MR) is 72.1 cm³/mol. The maximum absolute atomic E-state index is 12.6. The largest absolute Gasteiger partial charge is 0.462 e. The fraction of sp³-hybridized carbons (Fsp3) is 0.308. The fourth-order valence-corrected chi connectivity index (χ4v) is 2.02. The average Bonchev–Trinajstić information content (AvgIpc) is 2.80. The zero-order valence-electron chi connectivity index (χ0n) is 11.6. The van der Waals surface area contributed by atoms with Gasteiger partial charge in [0.2, 0.25) is 0 Å². The van der Waals surface area contributed by atoms with Crippen LogP contribution < -0.4 is 0 Å². The summed E-state index contributed by atoms with van der Waals surface area (Å²) in [7, 11) is 0. The van der Waals surface area contributed by atoms with E-state index in [9.17, 15) is 18.0 Å². The summed E-state index contributed by atoms with van der Waals surface area (Å²) in [5, 5.41) is 3.70. The third-order valence-electron chi connectivity index (χ3n) is 2.85. The first-order valence-electron chi connectivity index (χ1n) is 6.20. The zero-order valence-corrected chi connectivity index (χ0v) is 12.4. The lowest BCUT2D eigenvalue weighted by Gasteiger charge is -2.10. The van der Waals surface area contributed by atoms with Gasteiger partial charge in [-0.2, -0.15) is 18.3 Å². The molecule has 0 unspecified atom stereocenters. The van der Waals surface area contributed by atoms with Gasteiger partial charge < -0.3 is 4.74 Å². The molecule has 2 heterocycles. The van der Waals surface area contributed by atoms with Crippen molar-refractivity contribution in [1.82, 2.24) is 14.8 Å². The van der Waals surface area contributed by atoms with Gasteiger partial charge in [0, 0.05) is 6.20 Å². The molecule has 0 saturated heterocycles. The molecule has 0 aliphatic heterocycles. The number of halogens is 4. The second kappa shape index (κ2) is 5.96. The number of hydrogen-bond acceptors (Lipinski definition) is 4. The normalized spacial score (nSPS) is 11.5. The molecular formula is C13H11ClF3N3O2. The van der Waals surface area contributed by atoms with Crippen molar-refractivity contribution in [3.8, 4) is 5.82 Å². The minimum absolute atomic E-state index is 0.00251. The minimum Gasteiger partial charge on any atom is -0.462 e.